The van der Waals surface area contributed by atoms with Gasteiger partial charge in [0.15, 0.2) is 5.69 Å². The van der Waals surface area contributed by atoms with Crippen LogP contribution in [-0.4, -0.2) is 42.4 Å². The molecule has 6 nitrogen and oxygen atoms in total. The number of aromatic nitrogens is 2. The minimum atomic E-state index is -0.505. The lowest BCUT2D eigenvalue weighted by Crippen LogP contribution is -2.26. The number of hydrogen-bond donors (Lipinski definition) is 0. The summed E-state index contributed by atoms with van der Waals surface area (Å²) in [6.07, 6.45) is 4.59. The Balaban J connectivity index is 1.95. The van der Waals surface area contributed by atoms with Crippen molar-refractivity contribution >= 4 is 5.97 Å². The van der Waals surface area contributed by atoms with Crippen molar-refractivity contribution in [2.24, 2.45) is 0 Å². The molecular weight excluding hydrogens is 224 g/mol. The van der Waals surface area contributed by atoms with Crippen LogP contribution in [0, 0.1) is 0 Å². The van der Waals surface area contributed by atoms with Crippen LogP contribution in [0.2, 0.25) is 0 Å². The van der Waals surface area contributed by atoms with Gasteiger partial charge in [-0.3, -0.25) is 0 Å². The minimum Gasteiger partial charge on any atom is -0.473 e. The molecular formula is C11H14N2O4. The molecule has 2 rings (SSSR count). The zero-order valence-corrected chi connectivity index (χ0v) is 9.59. The minimum absolute atomic E-state index is 0.113. The Kier molecular flexibility index (Phi) is 3.87. The highest BCUT2D eigenvalue weighted by atomic mass is 16.5. The summed E-state index contributed by atoms with van der Waals surface area (Å²) in [7, 11) is 1.30. The van der Waals surface area contributed by atoms with Gasteiger partial charge in [0.05, 0.1) is 32.7 Å². The first kappa shape index (κ1) is 11.8. The number of esters is 1. The number of carbonyl (C=O) groups excluding carboxylic acids is 1. The molecule has 0 aromatic carbocycles. The molecule has 17 heavy (non-hydrogen) atoms. The molecule has 0 N–H and O–H groups in total. The maximum absolute atomic E-state index is 11.1. The number of carbonyl (C=O) groups is 1. The molecule has 1 fully saturated rings. The van der Waals surface area contributed by atoms with Crippen LogP contribution in [0.1, 0.15) is 23.3 Å². The van der Waals surface area contributed by atoms with E-state index < -0.39 is 5.97 Å². The summed E-state index contributed by atoms with van der Waals surface area (Å²) in [5.74, 6) is -0.0836. The van der Waals surface area contributed by atoms with E-state index >= 15 is 0 Å². The molecule has 1 aromatic heterocycles. The van der Waals surface area contributed by atoms with Crippen molar-refractivity contribution in [2.75, 3.05) is 20.3 Å². The van der Waals surface area contributed by atoms with Gasteiger partial charge in [-0.05, 0) is 0 Å². The van der Waals surface area contributed by atoms with Crippen LogP contribution in [0.5, 0.6) is 5.88 Å². The zero-order chi connectivity index (χ0) is 12.1. The van der Waals surface area contributed by atoms with Gasteiger partial charge in [-0.1, -0.05) is 0 Å². The molecule has 0 aliphatic carbocycles. The SMILES string of the molecule is COC(=O)c1cnc(OC2CCOCC2)cn1. The van der Waals surface area contributed by atoms with Gasteiger partial charge in [-0.2, -0.15) is 0 Å². The van der Waals surface area contributed by atoms with Crippen LogP contribution < -0.4 is 4.74 Å². The Hall–Kier alpha value is -1.69. The lowest BCUT2D eigenvalue weighted by Gasteiger charge is -2.22. The Morgan fingerprint density at radius 1 is 1.35 bits per heavy atom. The molecule has 0 radical (unpaired) electrons. The standard InChI is InChI=1S/C11H14N2O4/c1-15-11(14)9-6-13-10(7-12-9)17-8-2-4-16-5-3-8/h6-8H,2-5H2,1H3. The van der Waals surface area contributed by atoms with E-state index in [1.54, 1.807) is 0 Å². The fourth-order valence-corrected chi connectivity index (χ4v) is 1.55. The third-order valence-electron chi connectivity index (χ3n) is 2.48. The molecule has 92 valence electrons. The Labute approximate surface area is 98.9 Å². The fourth-order valence-electron chi connectivity index (χ4n) is 1.55. The summed E-state index contributed by atoms with van der Waals surface area (Å²) < 4.78 is 15.4. The van der Waals surface area contributed by atoms with Crippen LogP contribution in [-0.2, 0) is 9.47 Å². The smallest absolute Gasteiger partial charge is 0.358 e. The molecule has 0 unspecified atom stereocenters. The van der Waals surface area contributed by atoms with Crippen molar-refractivity contribution in [3.63, 3.8) is 0 Å². The van der Waals surface area contributed by atoms with E-state index in [4.69, 9.17) is 9.47 Å². The molecule has 0 atom stereocenters. The highest BCUT2D eigenvalue weighted by molar-refractivity contribution is 5.86. The normalized spacial score (nSPS) is 16.5. The first-order valence-electron chi connectivity index (χ1n) is 5.44. The summed E-state index contributed by atoms with van der Waals surface area (Å²) in [5.41, 5.74) is 0.173. The van der Waals surface area contributed by atoms with Crippen molar-refractivity contribution < 1.29 is 19.0 Å². The quantitative estimate of drug-likeness (QED) is 0.726. The molecule has 6 heteroatoms. The number of methoxy groups -OCH3 is 1. The predicted molar refractivity (Wildman–Crippen MR) is 57.8 cm³/mol. The van der Waals surface area contributed by atoms with E-state index in [1.807, 2.05) is 0 Å². The van der Waals surface area contributed by atoms with E-state index in [-0.39, 0.29) is 11.8 Å². The molecule has 2 heterocycles. The third kappa shape index (κ3) is 3.13. The van der Waals surface area contributed by atoms with E-state index in [9.17, 15) is 4.79 Å². The molecule has 0 saturated carbocycles. The second kappa shape index (κ2) is 5.58. The Morgan fingerprint density at radius 2 is 2.12 bits per heavy atom. The maximum Gasteiger partial charge on any atom is 0.358 e. The summed E-state index contributed by atoms with van der Waals surface area (Å²) in [5, 5.41) is 0. The Bertz CT molecular complexity index is 374. The van der Waals surface area contributed by atoms with Crippen molar-refractivity contribution in [3.05, 3.63) is 18.1 Å². The predicted octanol–water partition coefficient (Wildman–Crippen LogP) is 0.821. The molecule has 1 saturated heterocycles. The lowest BCUT2D eigenvalue weighted by atomic mass is 10.2. The second-order valence-electron chi connectivity index (χ2n) is 3.66. The van der Waals surface area contributed by atoms with Gasteiger partial charge in [-0.25, -0.2) is 14.8 Å². The van der Waals surface area contributed by atoms with E-state index in [1.165, 1.54) is 19.5 Å². The van der Waals surface area contributed by atoms with E-state index in [0.717, 1.165) is 12.8 Å². The summed E-state index contributed by atoms with van der Waals surface area (Å²) in [4.78, 5) is 19.1. The second-order valence-corrected chi connectivity index (χ2v) is 3.66. The highest BCUT2D eigenvalue weighted by Gasteiger charge is 2.16. The number of rotatable bonds is 3. The third-order valence-corrected chi connectivity index (χ3v) is 2.48. The monoisotopic (exact) mass is 238 g/mol. The van der Waals surface area contributed by atoms with Crippen LogP contribution in [0.3, 0.4) is 0 Å². The summed E-state index contributed by atoms with van der Waals surface area (Å²) >= 11 is 0. The molecule has 1 aliphatic rings. The largest absolute Gasteiger partial charge is 0.473 e. The van der Waals surface area contributed by atoms with Gasteiger partial charge >= 0.3 is 5.97 Å². The molecule has 1 aromatic rings. The molecule has 1 aliphatic heterocycles. The first-order valence-corrected chi connectivity index (χ1v) is 5.44. The maximum atomic E-state index is 11.1. The van der Waals surface area contributed by atoms with Crippen LogP contribution >= 0.6 is 0 Å². The van der Waals surface area contributed by atoms with E-state index in [2.05, 4.69) is 14.7 Å². The van der Waals surface area contributed by atoms with Crippen molar-refractivity contribution in [1.82, 2.24) is 9.97 Å². The zero-order valence-electron chi connectivity index (χ0n) is 9.59. The van der Waals surface area contributed by atoms with Gasteiger partial charge < -0.3 is 14.2 Å². The fraction of sp³-hybridized carbons (Fsp3) is 0.545. The van der Waals surface area contributed by atoms with Crippen LogP contribution in [0.4, 0.5) is 0 Å². The number of nitrogens with zero attached hydrogens (tertiary/aromatic N) is 2. The topological polar surface area (TPSA) is 70.5 Å². The number of ether oxygens (including phenoxy) is 3. The van der Waals surface area contributed by atoms with Gasteiger partial charge in [0, 0.05) is 12.8 Å². The van der Waals surface area contributed by atoms with Crippen LogP contribution in [0.15, 0.2) is 12.4 Å². The lowest BCUT2D eigenvalue weighted by molar-refractivity contribution is 0.0235. The number of hydrogen-bond acceptors (Lipinski definition) is 6. The van der Waals surface area contributed by atoms with Crippen molar-refractivity contribution in [3.8, 4) is 5.88 Å². The van der Waals surface area contributed by atoms with Gasteiger partial charge in [0.25, 0.3) is 0 Å². The first-order chi connectivity index (χ1) is 8.29. The summed E-state index contributed by atoms with van der Waals surface area (Å²) in [6, 6.07) is 0. The molecule has 0 bridgehead atoms. The van der Waals surface area contributed by atoms with Crippen molar-refractivity contribution in [2.45, 2.75) is 18.9 Å². The Morgan fingerprint density at radius 3 is 2.71 bits per heavy atom. The highest BCUT2D eigenvalue weighted by Crippen LogP contribution is 2.14. The van der Waals surface area contributed by atoms with Crippen LogP contribution in [0.25, 0.3) is 0 Å². The van der Waals surface area contributed by atoms with Gasteiger partial charge in [0.1, 0.15) is 6.10 Å². The average Bonchev–Trinajstić information content (AvgIpc) is 2.40. The summed E-state index contributed by atoms with van der Waals surface area (Å²) in [6.45, 7) is 1.41. The molecule has 0 amide bonds. The molecule has 0 spiro atoms. The van der Waals surface area contributed by atoms with Crippen molar-refractivity contribution in [1.29, 1.82) is 0 Å². The van der Waals surface area contributed by atoms with Gasteiger partial charge in [-0.15, -0.1) is 0 Å². The average molecular weight is 238 g/mol. The van der Waals surface area contributed by atoms with E-state index in [0.29, 0.717) is 19.1 Å². The van der Waals surface area contributed by atoms with Gasteiger partial charge in [0.2, 0.25) is 5.88 Å².